The minimum atomic E-state index is -0.187. The van der Waals surface area contributed by atoms with Crippen molar-refractivity contribution in [3.8, 4) is 0 Å². The first kappa shape index (κ1) is 9.68. The SMILES string of the molecule is CC(O)CC(C)Cc1cncs1. The summed E-state index contributed by atoms with van der Waals surface area (Å²) in [5.41, 5.74) is 1.85. The van der Waals surface area contributed by atoms with Crippen LogP contribution >= 0.6 is 11.3 Å². The van der Waals surface area contributed by atoms with Crippen LogP contribution < -0.4 is 0 Å². The van der Waals surface area contributed by atoms with Crippen LogP contribution in [0.15, 0.2) is 11.7 Å². The van der Waals surface area contributed by atoms with Crippen molar-refractivity contribution in [2.75, 3.05) is 0 Å². The summed E-state index contributed by atoms with van der Waals surface area (Å²) >= 11 is 1.69. The highest BCUT2D eigenvalue weighted by Gasteiger charge is 2.07. The Bertz CT molecular complexity index is 208. The average Bonchev–Trinajstić information content (AvgIpc) is 2.37. The molecular weight excluding hydrogens is 170 g/mol. The van der Waals surface area contributed by atoms with E-state index in [1.165, 1.54) is 4.88 Å². The lowest BCUT2D eigenvalue weighted by molar-refractivity contribution is 0.164. The van der Waals surface area contributed by atoms with Crippen LogP contribution in [0.1, 0.15) is 25.1 Å². The molecule has 0 aliphatic heterocycles. The van der Waals surface area contributed by atoms with E-state index in [0.717, 1.165) is 12.8 Å². The highest BCUT2D eigenvalue weighted by atomic mass is 32.1. The maximum absolute atomic E-state index is 9.14. The Balaban J connectivity index is 2.32. The van der Waals surface area contributed by atoms with Crippen LogP contribution in [0.3, 0.4) is 0 Å². The third kappa shape index (κ3) is 3.32. The number of rotatable bonds is 4. The lowest BCUT2D eigenvalue weighted by Gasteiger charge is -2.11. The average molecular weight is 185 g/mol. The molecule has 2 unspecified atom stereocenters. The summed E-state index contributed by atoms with van der Waals surface area (Å²) in [4.78, 5) is 5.32. The van der Waals surface area contributed by atoms with Crippen LogP contribution in [-0.2, 0) is 6.42 Å². The number of nitrogens with zero attached hydrogens (tertiary/aromatic N) is 1. The Morgan fingerprint density at radius 2 is 2.33 bits per heavy atom. The van der Waals surface area contributed by atoms with Gasteiger partial charge in [-0.1, -0.05) is 6.92 Å². The normalized spacial score (nSPS) is 15.9. The second kappa shape index (κ2) is 4.58. The topological polar surface area (TPSA) is 33.1 Å². The van der Waals surface area contributed by atoms with Gasteiger partial charge in [0.15, 0.2) is 0 Å². The van der Waals surface area contributed by atoms with Crippen LogP contribution in [0.5, 0.6) is 0 Å². The van der Waals surface area contributed by atoms with Crippen molar-refractivity contribution < 1.29 is 5.11 Å². The zero-order valence-electron chi connectivity index (χ0n) is 7.53. The van der Waals surface area contributed by atoms with Crippen molar-refractivity contribution in [2.24, 2.45) is 5.92 Å². The molecular formula is C9H15NOS. The van der Waals surface area contributed by atoms with Gasteiger partial charge in [0, 0.05) is 11.1 Å². The summed E-state index contributed by atoms with van der Waals surface area (Å²) < 4.78 is 0. The number of aliphatic hydroxyl groups is 1. The molecule has 0 spiro atoms. The first-order valence-corrected chi connectivity index (χ1v) is 5.12. The van der Waals surface area contributed by atoms with Gasteiger partial charge in [0.25, 0.3) is 0 Å². The molecule has 0 radical (unpaired) electrons. The lowest BCUT2D eigenvalue weighted by Crippen LogP contribution is -2.08. The molecule has 1 N–H and O–H groups in total. The molecule has 2 atom stereocenters. The van der Waals surface area contributed by atoms with Crippen LogP contribution in [0.4, 0.5) is 0 Å². The third-order valence-corrected chi connectivity index (χ3v) is 2.58. The van der Waals surface area contributed by atoms with Crippen LogP contribution in [0.25, 0.3) is 0 Å². The predicted molar refractivity (Wildman–Crippen MR) is 51.3 cm³/mol. The van der Waals surface area contributed by atoms with Gasteiger partial charge in [0.05, 0.1) is 11.6 Å². The number of aromatic nitrogens is 1. The van der Waals surface area contributed by atoms with Gasteiger partial charge in [0.1, 0.15) is 0 Å². The summed E-state index contributed by atoms with van der Waals surface area (Å²) in [6.07, 6.45) is 3.63. The molecule has 68 valence electrons. The molecule has 2 nitrogen and oxygen atoms in total. The van der Waals surface area contributed by atoms with Crippen molar-refractivity contribution in [1.29, 1.82) is 0 Å². The standard InChI is InChI=1S/C9H15NOS/c1-7(3-8(2)11)4-9-5-10-6-12-9/h5-8,11H,3-4H2,1-2H3. The maximum atomic E-state index is 9.14. The van der Waals surface area contributed by atoms with Gasteiger partial charge >= 0.3 is 0 Å². The molecule has 12 heavy (non-hydrogen) atoms. The summed E-state index contributed by atoms with van der Waals surface area (Å²) in [7, 11) is 0. The van der Waals surface area contributed by atoms with Gasteiger partial charge in [-0.2, -0.15) is 0 Å². The Morgan fingerprint density at radius 1 is 1.58 bits per heavy atom. The first-order chi connectivity index (χ1) is 5.68. The molecule has 0 fully saturated rings. The van der Waals surface area contributed by atoms with E-state index in [1.807, 2.05) is 18.6 Å². The van der Waals surface area contributed by atoms with E-state index < -0.39 is 0 Å². The zero-order chi connectivity index (χ0) is 8.97. The molecule has 1 rings (SSSR count). The van der Waals surface area contributed by atoms with Crippen LogP contribution in [0.2, 0.25) is 0 Å². The van der Waals surface area contributed by atoms with E-state index in [1.54, 1.807) is 11.3 Å². The van der Waals surface area contributed by atoms with Crippen molar-refractivity contribution in [1.82, 2.24) is 4.98 Å². The van der Waals surface area contributed by atoms with E-state index in [4.69, 9.17) is 5.11 Å². The number of hydrogen-bond acceptors (Lipinski definition) is 3. The molecule has 0 bridgehead atoms. The Kier molecular flexibility index (Phi) is 3.69. The second-order valence-corrected chi connectivity index (χ2v) is 4.33. The molecule has 0 aromatic carbocycles. The molecule has 1 heterocycles. The van der Waals surface area contributed by atoms with E-state index in [-0.39, 0.29) is 6.10 Å². The van der Waals surface area contributed by atoms with E-state index >= 15 is 0 Å². The Morgan fingerprint density at radius 3 is 2.83 bits per heavy atom. The highest BCUT2D eigenvalue weighted by Crippen LogP contribution is 2.16. The fourth-order valence-electron chi connectivity index (χ4n) is 1.35. The summed E-state index contributed by atoms with van der Waals surface area (Å²) in [5, 5.41) is 9.14. The van der Waals surface area contributed by atoms with Gasteiger partial charge in [-0.3, -0.25) is 4.98 Å². The lowest BCUT2D eigenvalue weighted by atomic mass is 10.0. The molecule has 0 aliphatic carbocycles. The Labute approximate surface area is 77.3 Å². The smallest absolute Gasteiger partial charge is 0.0794 e. The molecule has 1 aromatic rings. The molecule has 0 amide bonds. The number of hydrogen-bond donors (Lipinski definition) is 1. The zero-order valence-corrected chi connectivity index (χ0v) is 8.34. The largest absolute Gasteiger partial charge is 0.393 e. The van der Waals surface area contributed by atoms with Gasteiger partial charge in [0.2, 0.25) is 0 Å². The van der Waals surface area contributed by atoms with Crippen molar-refractivity contribution in [2.45, 2.75) is 32.8 Å². The fourth-order valence-corrected chi connectivity index (χ4v) is 2.11. The van der Waals surface area contributed by atoms with Gasteiger partial charge in [-0.05, 0) is 25.7 Å². The summed E-state index contributed by atoms with van der Waals surface area (Å²) in [6, 6.07) is 0. The van der Waals surface area contributed by atoms with E-state index in [0.29, 0.717) is 5.92 Å². The van der Waals surface area contributed by atoms with Crippen molar-refractivity contribution in [3.05, 3.63) is 16.6 Å². The first-order valence-electron chi connectivity index (χ1n) is 4.24. The monoisotopic (exact) mass is 185 g/mol. The Hall–Kier alpha value is -0.410. The summed E-state index contributed by atoms with van der Waals surface area (Å²) in [6.45, 7) is 4.00. The summed E-state index contributed by atoms with van der Waals surface area (Å²) in [5.74, 6) is 0.547. The molecule has 0 aliphatic rings. The van der Waals surface area contributed by atoms with E-state index in [2.05, 4.69) is 11.9 Å². The van der Waals surface area contributed by atoms with E-state index in [9.17, 15) is 0 Å². The van der Waals surface area contributed by atoms with Crippen LogP contribution in [0, 0.1) is 5.92 Å². The third-order valence-electron chi connectivity index (χ3n) is 1.78. The number of aliphatic hydroxyl groups excluding tert-OH is 1. The quantitative estimate of drug-likeness (QED) is 0.779. The highest BCUT2D eigenvalue weighted by molar-refractivity contribution is 7.09. The fraction of sp³-hybridized carbons (Fsp3) is 0.667. The molecule has 3 heteroatoms. The van der Waals surface area contributed by atoms with Gasteiger partial charge < -0.3 is 5.11 Å². The van der Waals surface area contributed by atoms with Crippen LogP contribution in [-0.4, -0.2) is 16.2 Å². The minimum absolute atomic E-state index is 0.187. The van der Waals surface area contributed by atoms with Crippen molar-refractivity contribution in [3.63, 3.8) is 0 Å². The van der Waals surface area contributed by atoms with Gasteiger partial charge in [-0.15, -0.1) is 11.3 Å². The second-order valence-electron chi connectivity index (χ2n) is 3.36. The van der Waals surface area contributed by atoms with Gasteiger partial charge in [-0.25, -0.2) is 0 Å². The number of thiazole rings is 1. The van der Waals surface area contributed by atoms with Crippen molar-refractivity contribution >= 4 is 11.3 Å². The predicted octanol–water partition coefficient (Wildman–Crippen LogP) is 2.09. The molecule has 0 saturated carbocycles. The maximum Gasteiger partial charge on any atom is 0.0794 e. The minimum Gasteiger partial charge on any atom is -0.393 e. The molecule has 0 saturated heterocycles. The molecule has 1 aromatic heterocycles.